The van der Waals surface area contributed by atoms with Gasteiger partial charge in [0.05, 0.1) is 5.69 Å². The molecule has 0 heterocycles. The number of hydrogen-bond acceptors (Lipinski definition) is 3. The predicted octanol–water partition coefficient (Wildman–Crippen LogP) is 1.51. The minimum atomic E-state index is -3.35. The predicted molar refractivity (Wildman–Crippen MR) is 64.0 cm³/mol. The van der Waals surface area contributed by atoms with Gasteiger partial charge in [0.1, 0.15) is 4.90 Å². The summed E-state index contributed by atoms with van der Waals surface area (Å²) >= 11 is 0. The SMILES string of the molecule is CNc1ccccc1S(=O)(=O)N(C)C1CC1. The van der Waals surface area contributed by atoms with Gasteiger partial charge in [0.15, 0.2) is 0 Å². The van der Waals surface area contributed by atoms with E-state index >= 15 is 0 Å². The van der Waals surface area contributed by atoms with Crippen molar-refractivity contribution in [2.45, 2.75) is 23.8 Å². The summed E-state index contributed by atoms with van der Waals surface area (Å²) in [4.78, 5) is 0.354. The van der Waals surface area contributed by atoms with Crippen LogP contribution < -0.4 is 5.32 Å². The average molecular weight is 240 g/mol. The Kier molecular flexibility index (Phi) is 2.90. The lowest BCUT2D eigenvalue weighted by Gasteiger charge is -2.18. The number of anilines is 1. The largest absolute Gasteiger partial charge is 0.387 e. The highest BCUT2D eigenvalue weighted by atomic mass is 32.2. The molecule has 4 nitrogen and oxygen atoms in total. The minimum Gasteiger partial charge on any atom is -0.387 e. The smallest absolute Gasteiger partial charge is 0.245 e. The van der Waals surface area contributed by atoms with E-state index in [1.165, 1.54) is 4.31 Å². The lowest BCUT2D eigenvalue weighted by atomic mass is 10.3. The van der Waals surface area contributed by atoms with Crippen LogP contribution in [-0.4, -0.2) is 32.9 Å². The maximum atomic E-state index is 12.3. The van der Waals surface area contributed by atoms with Gasteiger partial charge >= 0.3 is 0 Å². The summed E-state index contributed by atoms with van der Waals surface area (Å²) in [5.74, 6) is 0. The molecule has 1 saturated carbocycles. The summed E-state index contributed by atoms with van der Waals surface area (Å²) in [5, 5.41) is 2.91. The molecule has 1 aliphatic carbocycles. The summed E-state index contributed by atoms with van der Waals surface area (Å²) in [6.45, 7) is 0. The third kappa shape index (κ3) is 1.92. The van der Waals surface area contributed by atoms with Crippen molar-refractivity contribution in [2.24, 2.45) is 0 Å². The van der Waals surface area contributed by atoms with Crippen molar-refractivity contribution >= 4 is 15.7 Å². The van der Waals surface area contributed by atoms with Crippen molar-refractivity contribution in [3.05, 3.63) is 24.3 Å². The molecule has 0 radical (unpaired) electrons. The van der Waals surface area contributed by atoms with Crippen molar-refractivity contribution < 1.29 is 8.42 Å². The highest BCUT2D eigenvalue weighted by Crippen LogP contribution is 2.32. The normalized spacial score (nSPS) is 16.4. The molecule has 0 atom stereocenters. The van der Waals surface area contributed by atoms with Gasteiger partial charge in [-0.1, -0.05) is 12.1 Å². The van der Waals surface area contributed by atoms with Crippen LogP contribution in [0, 0.1) is 0 Å². The van der Waals surface area contributed by atoms with Gasteiger partial charge in [0, 0.05) is 20.1 Å². The molecule has 0 spiro atoms. The molecule has 2 rings (SSSR count). The zero-order chi connectivity index (χ0) is 11.8. The number of benzene rings is 1. The second-order valence-electron chi connectivity index (χ2n) is 4.00. The van der Waals surface area contributed by atoms with Gasteiger partial charge < -0.3 is 5.32 Å². The molecule has 0 aliphatic heterocycles. The number of nitrogens with one attached hydrogen (secondary N) is 1. The van der Waals surface area contributed by atoms with Gasteiger partial charge in [0.2, 0.25) is 10.0 Å². The van der Waals surface area contributed by atoms with Crippen LogP contribution in [-0.2, 0) is 10.0 Å². The highest BCUT2D eigenvalue weighted by Gasteiger charge is 2.35. The monoisotopic (exact) mass is 240 g/mol. The van der Waals surface area contributed by atoms with Crippen LogP contribution in [0.1, 0.15) is 12.8 Å². The van der Waals surface area contributed by atoms with E-state index in [9.17, 15) is 8.42 Å². The fourth-order valence-electron chi connectivity index (χ4n) is 1.69. The maximum Gasteiger partial charge on any atom is 0.245 e. The number of para-hydroxylation sites is 1. The number of rotatable bonds is 4. The number of sulfonamides is 1. The molecular weight excluding hydrogens is 224 g/mol. The first-order chi connectivity index (χ1) is 7.57. The Balaban J connectivity index is 2.41. The van der Waals surface area contributed by atoms with Crippen LogP contribution in [0.3, 0.4) is 0 Å². The van der Waals surface area contributed by atoms with Gasteiger partial charge in [-0.15, -0.1) is 0 Å². The van der Waals surface area contributed by atoms with Crippen molar-refractivity contribution in [1.29, 1.82) is 0 Å². The van der Waals surface area contributed by atoms with Gasteiger partial charge in [-0.25, -0.2) is 8.42 Å². The molecule has 16 heavy (non-hydrogen) atoms. The summed E-state index contributed by atoms with van der Waals surface area (Å²) in [6.07, 6.45) is 1.94. The van der Waals surface area contributed by atoms with E-state index in [1.54, 1.807) is 32.3 Å². The molecule has 0 unspecified atom stereocenters. The van der Waals surface area contributed by atoms with Gasteiger partial charge in [-0.05, 0) is 25.0 Å². The molecule has 0 amide bonds. The van der Waals surface area contributed by atoms with E-state index in [0.717, 1.165) is 12.8 Å². The molecule has 88 valence electrons. The van der Waals surface area contributed by atoms with E-state index in [2.05, 4.69) is 5.32 Å². The maximum absolute atomic E-state index is 12.3. The summed E-state index contributed by atoms with van der Waals surface area (Å²) in [6, 6.07) is 7.17. The fraction of sp³-hybridized carbons (Fsp3) is 0.455. The van der Waals surface area contributed by atoms with Crippen LogP contribution in [0.15, 0.2) is 29.2 Å². The Morgan fingerprint density at radius 1 is 1.31 bits per heavy atom. The summed E-state index contributed by atoms with van der Waals surface area (Å²) in [5.41, 5.74) is 0.648. The van der Waals surface area contributed by atoms with Crippen LogP contribution >= 0.6 is 0 Å². The van der Waals surface area contributed by atoms with Crippen LogP contribution in [0.4, 0.5) is 5.69 Å². The zero-order valence-corrected chi connectivity index (χ0v) is 10.3. The highest BCUT2D eigenvalue weighted by molar-refractivity contribution is 7.89. The molecular formula is C11H16N2O2S. The molecule has 1 aliphatic rings. The number of nitrogens with zero attached hydrogens (tertiary/aromatic N) is 1. The van der Waals surface area contributed by atoms with E-state index in [1.807, 2.05) is 6.07 Å². The van der Waals surface area contributed by atoms with Gasteiger partial charge in [-0.2, -0.15) is 4.31 Å². The summed E-state index contributed by atoms with van der Waals surface area (Å²) < 4.78 is 26.0. The topological polar surface area (TPSA) is 49.4 Å². The lowest BCUT2D eigenvalue weighted by molar-refractivity contribution is 0.464. The van der Waals surface area contributed by atoms with Crippen molar-refractivity contribution in [1.82, 2.24) is 4.31 Å². The molecule has 0 aromatic heterocycles. The van der Waals surface area contributed by atoms with E-state index in [0.29, 0.717) is 10.6 Å². The van der Waals surface area contributed by atoms with E-state index in [4.69, 9.17) is 0 Å². The average Bonchev–Trinajstić information content (AvgIpc) is 3.11. The third-order valence-corrected chi connectivity index (χ3v) is 4.84. The second-order valence-corrected chi connectivity index (χ2v) is 5.96. The number of hydrogen-bond donors (Lipinski definition) is 1. The Morgan fingerprint density at radius 3 is 2.50 bits per heavy atom. The molecule has 0 saturated heterocycles. The Hall–Kier alpha value is -1.07. The van der Waals surface area contributed by atoms with E-state index in [-0.39, 0.29) is 6.04 Å². The van der Waals surface area contributed by atoms with Gasteiger partial charge in [0.25, 0.3) is 0 Å². The van der Waals surface area contributed by atoms with Crippen LogP contribution in [0.5, 0.6) is 0 Å². The van der Waals surface area contributed by atoms with Crippen molar-refractivity contribution in [3.8, 4) is 0 Å². The molecule has 1 N–H and O–H groups in total. The van der Waals surface area contributed by atoms with Crippen molar-refractivity contribution in [3.63, 3.8) is 0 Å². The quantitative estimate of drug-likeness (QED) is 0.868. The molecule has 0 bridgehead atoms. The van der Waals surface area contributed by atoms with Crippen LogP contribution in [0.25, 0.3) is 0 Å². The molecule has 1 fully saturated rings. The summed E-state index contributed by atoms with van der Waals surface area (Å²) in [7, 11) is 0.0322. The lowest BCUT2D eigenvalue weighted by Crippen LogP contribution is -2.29. The molecule has 1 aromatic carbocycles. The molecule has 1 aromatic rings. The van der Waals surface area contributed by atoms with Gasteiger partial charge in [-0.3, -0.25) is 0 Å². The van der Waals surface area contributed by atoms with Crippen molar-refractivity contribution in [2.75, 3.05) is 19.4 Å². The minimum absolute atomic E-state index is 0.190. The van der Waals surface area contributed by atoms with E-state index < -0.39 is 10.0 Å². The molecule has 5 heteroatoms. The first kappa shape index (κ1) is 11.4. The Morgan fingerprint density at radius 2 is 1.94 bits per heavy atom. The first-order valence-electron chi connectivity index (χ1n) is 5.32. The zero-order valence-electron chi connectivity index (χ0n) is 9.47. The second kappa shape index (κ2) is 4.07. The Labute approximate surface area is 96.3 Å². The Bertz CT molecular complexity index is 481. The first-order valence-corrected chi connectivity index (χ1v) is 6.76. The third-order valence-electron chi connectivity index (χ3n) is 2.87. The fourth-order valence-corrected chi connectivity index (χ4v) is 3.30. The van der Waals surface area contributed by atoms with Crippen LogP contribution in [0.2, 0.25) is 0 Å². The standard InChI is InChI=1S/C11H16N2O2S/c1-12-10-5-3-4-6-11(10)16(14,15)13(2)9-7-8-9/h3-6,9,12H,7-8H2,1-2H3.